The van der Waals surface area contributed by atoms with Crippen LogP contribution in [-0.2, 0) is 14.4 Å². The predicted molar refractivity (Wildman–Crippen MR) is 74.9 cm³/mol. The quantitative estimate of drug-likeness (QED) is 0.631. The minimum atomic E-state index is -0.980. The molecular weight excluding hydrogens is 274 g/mol. The maximum absolute atomic E-state index is 12.4. The fourth-order valence-corrected chi connectivity index (χ4v) is 3.19. The molecule has 2 atom stereocenters. The second-order valence-electron chi connectivity index (χ2n) is 6.47. The number of hydrogen-bond donors (Lipinski definition) is 2. The van der Waals surface area contributed by atoms with Crippen LogP contribution in [0.5, 0.6) is 0 Å². The van der Waals surface area contributed by atoms with Gasteiger partial charge in [-0.05, 0) is 12.3 Å². The molecule has 7 nitrogen and oxygen atoms in total. The molecule has 2 aliphatic rings. The van der Waals surface area contributed by atoms with Crippen molar-refractivity contribution in [1.29, 1.82) is 0 Å². The third kappa shape index (κ3) is 2.74. The van der Waals surface area contributed by atoms with Crippen molar-refractivity contribution in [2.24, 2.45) is 17.1 Å². The Hall–Kier alpha value is -1.63. The van der Waals surface area contributed by atoms with Crippen LogP contribution in [0.4, 0.5) is 0 Å². The van der Waals surface area contributed by atoms with Gasteiger partial charge in [0.05, 0.1) is 12.0 Å². The van der Waals surface area contributed by atoms with Gasteiger partial charge in [0, 0.05) is 26.1 Å². The zero-order valence-electron chi connectivity index (χ0n) is 12.5. The minimum absolute atomic E-state index is 0.0115. The summed E-state index contributed by atoms with van der Waals surface area (Å²) in [6.45, 7) is 5.20. The van der Waals surface area contributed by atoms with Crippen molar-refractivity contribution < 1.29 is 19.5 Å². The van der Waals surface area contributed by atoms with Crippen LogP contribution in [0.3, 0.4) is 0 Å². The first-order valence-corrected chi connectivity index (χ1v) is 7.30. The van der Waals surface area contributed by atoms with Crippen molar-refractivity contribution in [3.05, 3.63) is 0 Å². The minimum Gasteiger partial charge on any atom is -0.394 e. The number of piperidine rings is 1. The molecule has 0 aliphatic carbocycles. The Labute approximate surface area is 124 Å². The Kier molecular flexibility index (Phi) is 4.22. The molecule has 0 aromatic rings. The van der Waals surface area contributed by atoms with E-state index < -0.39 is 24.0 Å². The third-order valence-corrected chi connectivity index (χ3v) is 4.35. The average Bonchev–Trinajstić information content (AvgIpc) is 2.40. The first kappa shape index (κ1) is 15.8. The van der Waals surface area contributed by atoms with Gasteiger partial charge in [0.1, 0.15) is 6.04 Å². The van der Waals surface area contributed by atoms with Crippen LogP contribution >= 0.6 is 0 Å². The molecule has 2 heterocycles. The van der Waals surface area contributed by atoms with Crippen LogP contribution in [0.15, 0.2) is 0 Å². The summed E-state index contributed by atoms with van der Waals surface area (Å²) >= 11 is 0. The summed E-state index contributed by atoms with van der Waals surface area (Å²) in [6.07, 6.45) is 0.795. The summed E-state index contributed by atoms with van der Waals surface area (Å²) in [6, 6.07) is -0.980. The number of aliphatic hydroxyl groups is 1. The fraction of sp³-hybridized carbons (Fsp3) is 0.786. The molecule has 21 heavy (non-hydrogen) atoms. The van der Waals surface area contributed by atoms with Gasteiger partial charge in [-0.3, -0.25) is 14.4 Å². The largest absolute Gasteiger partial charge is 0.394 e. The van der Waals surface area contributed by atoms with E-state index in [-0.39, 0.29) is 18.2 Å². The Morgan fingerprint density at radius 3 is 2.52 bits per heavy atom. The first-order valence-electron chi connectivity index (χ1n) is 7.30. The van der Waals surface area contributed by atoms with Gasteiger partial charge < -0.3 is 20.6 Å². The molecule has 0 aromatic carbocycles. The molecule has 0 radical (unpaired) electrons. The molecule has 3 N–H and O–H groups in total. The number of β-lactam (4-membered cyclic amide) rings is 1. The molecule has 7 heteroatoms. The van der Waals surface area contributed by atoms with Gasteiger partial charge in [-0.2, -0.15) is 0 Å². The van der Waals surface area contributed by atoms with Gasteiger partial charge in [0.2, 0.25) is 17.7 Å². The number of amides is 3. The zero-order valence-corrected chi connectivity index (χ0v) is 12.5. The third-order valence-electron chi connectivity index (χ3n) is 4.35. The van der Waals surface area contributed by atoms with Crippen molar-refractivity contribution in [1.82, 2.24) is 9.80 Å². The number of nitrogens with two attached hydrogens (primary N) is 1. The number of aliphatic hydroxyl groups excluding tert-OH is 1. The molecule has 0 saturated carbocycles. The fourth-order valence-electron chi connectivity index (χ4n) is 3.19. The monoisotopic (exact) mass is 297 g/mol. The van der Waals surface area contributed by atoms with Gasteiger partial charge in [-0.25, -0.2) is 0 Å². The normalized spacial score (nSPS) is 27.2. The topological polar surface area (TPSA) is 104 Å². The number of likely N-dealkylation sites (tertiary alicyclic amines) is 2. The van der Waals surface area contributed by atoms with Gasteiger partial charge in [-0.15, -0.1) is 0 Å². The maximum atomic E-state index is 12.4. The van der Waals surface area contributed by atoms with E-state index >= 15 is 0 Å². The highest BCUT2D eigenvalue weighted by Gasteiger charge is 2.57. The molecule has 2 saturated heterocycles. The molecule has 0 bridgehead atoms. The van der Waals surface area contributed by atoms with Crippen molar-refractivity contribution in [3.8, 4) is 0 Å². The van der Waals surface area contributed by atoms with Crippen LogP contribution in [0.1, 0.15) is 26.7 Å². The van der Waals surface area contributed by atoms with Gasteiger partial charge in [0.25, 0.3) is 0 Å². The van der Waals surface area contributed by atoms with Crippen LogP contribution in [0.25, 0.3) is 0 Å². The Morgan fingerprint density at radius 1 is 1.43 bits per heavy atom. The number of carbonyl (C=O) groups is 3. The van der Waals surface area contributed by atoms with E-state index in [1.165, 1.54) is 4.90 Å². The summed E-state index contributed by atoms with van der Waals surface area (Å²) in [5.74, 6) is -0.574. The SMILES string of the molecule is CC(C)CN1CCC2(CC1=O)CN([C@@H](CO)C(N)=O)C2=O. The van der Waals surface area contributed by atoms with E-state index in [0.717, 1.165) is 0 Å². The highest BCUT2D eigenvalue weighted by atomic mass is 16.3. The summed E-state index contributed by atoms with van der Waals surface area (Å²) < 4.78 is 0. The smallest absolute Gasteiger partial charge is 0.242 e. The molecular formula is C14H23N3O4. The Morgan fingerprint density at radius 2 is 2.10 bits per heavy atom. The molecule has 2 rings (SSSR count). The summed E-state index contributed by atoms with van der Waals surface area (Å²) in [5, 5.41) is 9.16. The summed E-state index contributed by atoms with van der Waals surface area (Å²) in [7, 11) is 0. The Bertz CT molecular complexity index is 465. The molecule has 2 aliphatic heterocycles. The van der Waals surface area contributed by atoms with Crippen molar-refractivity contribution in [3.63, 3.8) is 0 Å². The van der Waals surface area contributed by atoms with Crippen molar-refractivity contribution >= 4 is 17.7 Å². The second-order valence-corrected chi connectivity index (χ2v) is 6.47. The van der Waals surface area contributed by atoms with E-state index in [0.29, 0.717) is 32.0 Å². The number of primary amides is 1. The summed E-state index contributed by atoms with van der Waals surface area (Å²) in [4.78, 5) is 38.8. The predicted octanol–water partition coefficient (Wildman–Crippen LogP) is -1.06. The first-order chi connectivity index (χ1) is 9.80. The molecule has 0 aromatic heterocycles. The lowest BCUT2D eigenvalue weighted by molar-refractivity contribution is -0.177. The van der Waals surface area contributed by atoms with Crippen LogP contribution in [0.2, 0.25) is 0 Å². The lowest BCUT2D eigenvalue weighted by Crippen LogP contribution is -2.70. The standard InChI is InChI=1S/C14H23N3O4/c1-9(2)6-16-4-3-14(5-11(16)19)8-17(13(14)21)10(7-18)12(15)20/h9-10,18H,3-8H2,1-2H3,(H2,15,20)/t10-,14?/m0/s1. The lowest BCUT2D eigenvalue weighted by atomic mass is 9.70. The van der Waals surface area contributed by atoms with Gasteiger partial charge in [0.15, 0.2) is 0 Å². The highest BCUT2D eigenvalue weighted by Crippen LogP contribution is 2.43. The zero-order chi connectivity index (χ0) is 15.8. The number of carbonyl (C=O) groups excluding carboxylic acids is 3. The van der Waals surface area contributed by atoms with E-state index in [1.54, 1.807) is 4.90 Å². The van der Waals surface area contributed by atoms with Crippen LogP contribution in [-0.4, -0.2) is 64.9 Å². The molecule has 2 fully saturated rings. The van der Waals surface area contributed by atoms with E-state index in [4.69, 9.17) is 10.8 Å². The van der Waals surface area contributed by atoms with Crippen molar-refractivity contribution in [2.45, 2.75) is 32.7 Å². The molecule has 1 spiro atoms. The number of nitrogens with zero attached hydrogens (tertiary/aromatic N) is 2. The summed E-state index contributed by atoms with van der Waals surface area (Å²) in [5.41, 5.74) is 4.49. The highest BCUT2D eigenvalue weighted by molar-refractivity contribution is 5.97. The lowest BCUT2D eigenvalue weighted by Gasteiger charge is -2.53. The maximum Gasteiger partial charge on any atom is 0.242 e. The van der Waals surface area contributed by atoms with Crippen LogP contribution < -0.4 is 5.73 Å². The van der Waals surface area contributed by atoms with Crippen LogP contribution in [0, 0.1) is 11.3 Å². The second kappa shape index (κ2) is 5.63. The molecule has 3 amide bonds. The van der Waals surface area contributed by atoms with Crippen molar-refractivity contribution in [2.75, 3.05) is 26.2 Å². The van der Waals surface area contributed by atoms with Gasteiger partial charge in [-0.1, -0.05) is 13.8 Å². The Balaban J connectivity index is 2.00. The molecule has 1 unspecified atom stereocenters. The average molecular weight is 297 g/mol. The van der Waals surface area contributed by atoms with E-state index in [1.807, 2.05) is 13.8 Å². The van der Waals surface area contributed by atoms with Gasteiger partial charge >= 0.3 is 0 Å². The molecule has 118 valence electrons. The number of hydrogen-bond acceptors (Lipinski definition) is 4. The van der Waals surface area contributed by atoms with E-state index in [9.17, 15) is 14.4 Å². The number of rotatable bonds is 5. The van der Waals surface area contributed by atoms with E-state index in [2.05, 4.69) is 0 Å².